The molecule has 202 valence electrons. The molecular weight excluding hydrogens is 498 g/mol. The molecule has 2 N–H and O–H groups in total. The Morgan fingerprint density at radius 2 is 1.60 bits per heavy atom. The highest BCUT2D eigenvalue weighted by atomic mass is 16.7. The number of fused-ring (bicyclic) bond motifs is 3. The Balaban J connectivity index is 1.19. The zero-order valence-corrected chi connectivity index (χ0v) is 22.4. The first-order chi connectivity index (χ1) is 19.7. The van der Waals surface area contributed by atoms with Gasteiger partial charge in [-0.1, -0.05) is 97.1 Å². The van der Waals surface area contributed by atoms with Crippen molar-refractivity contribution in [2.75, 3.05) is 6.54 Å². The number of hydrogen-bond acceptors (Lipinski definition) is 4. The molecule has 0 aromatic heterocycles. The number of hydrogen-bond donors (Lipinski definition) is 2. The number of aliphatic hydroxyl groups excluding tert-OH is 1. The Morgan fingerprint density at radius 1 is 0.850 bits per heavy atom. The Hall–Kier alpha value is -4.19. The van der Waals surface area contributed by atoms with Gasteiger partial charge in [0.15, 0.2) is 5.76 Å². The lowest BCUT2D eigenvalue weighted by Gasteiger charge is -2.29. The fraction of sp³-hybridized carbons (Fsp3) is 0.229. The van der Waals surface area contributed by atoms with E-state index in [4.69, 9.17) is 9.47 Å². The first-order valence-corrected chi connectivity index (χ1v) is 13.9. The lowest BCUT2D eigenvalue weighted by atomic mass is 9.90. The van der Waals surface area contributed by atoms with Gasteiger partial charge >= 0.3 is 0 Å². The topological polar surface area (TPSA) is 67.8 Å². The van der Waals surface area contributed by atoms with E-state index in [1.165, 1.54) is 27.8 Å². The van der Waals surface area contributed by atoms with Gasteiger partial charge in [-0.15, -0.1) is 0 Å². The average molecular weight is 532 g/mol. The van der Waals surface area contributed by atoms with Crippen molar-refractivity contribution >= 4 is 5.91 Å². The summed E-state index contributed by atoms with van der Waals surface area (Å²) in [5, 5.41) is 12.3. The van der Waals surface area contributed by atoms with Crippen molar-refractivity contribution in [3.63, 3.8) is 0 Å². The van der Waals surface area contributed by atoms with E-state index in [2.05, 4.69) is 59.9 Å². The Bertz CT molecular complexity index is 1510. The van der Waals surface area contributed by atoms with Crippen LogP contribution in [0.5, 0.6) is 0 Å². The standard InChI is InChI=1S/C35H33NO4/c37-22-25-10-12-26(13-11-25)23-39-34-21-29(20-33(40-34)35(38)36-17-16-24-6-2-1-3-7-24)27-14-15-32-30(18-27)19-28-8-4-5-9-31(28)32/h1-15,18,20,29,34,37H,16-17,19,21-23H2,(H,36,38)/t29-,34+/m0/s1. The molecule has 0 unspecified atom stereocenters. The minimum atomic E-state index is -0.562. The van der Waals surface area contributed by atoms with Crippen LogP contribution in [-0.2, 0) is 40.3 Å². The Morgan fingerprint density at radius 3 is 2.42 bits per heavy atom. The number of ether oxygens (including phenoxy) is 2. The molecular formula is C35H33NO4. The number of nitrogens with one attached hydrogen (secondary N) is 1. The van der Waals surface area contributed by atoms with Crippen molar-refractivity contribution in [2.24, 2.45) is 0 Å². The van der Waals surface area contributed by atoms with Crippen LogP contribution in [0.2, 0.25) is 0 Å². The van der Waals surface area contributed by atoms with Gasteiger partial charge in [-0.2, -0.15) is 0 Å². The van der Waals surface area contributed by atoms with E-state index in [9.17, 15) is 9.90 Å². The van der Waals surface area contributed by atoms with E-state index in [1.807, 2.05) is 48.5 Å². The Kier molecular flexibility index (Phi) is 7.76. The van der Waals surface area contributed by atoms with Crippen molar-refractivity contribution in [2.45, 2.75) is 44.7 Å². The molecule has 1 aliphatic carbocycles. The van der Waals surface area contributed by atoms with E-state index in [1.54, 1.807) is 0 Å². The molecule has 1 aliphatic heterocycles. The molecule has 6 rings (SSSR count). The summed E-state index contributed by atoms with van der Waals surface area (Å²) in [4.78, 5) is 13.2. The van der Waals surface area contributed by atoms with Crippen LogP contribution in [0.1, 0.15) is 45.7 Å². The van der Waals surface area contributed by atoms with Crippen LogP contribution in [0.15, 0.2) is 109 Å². The molecule has 40 heavy (non-hydrogen) atoms. The van der Waals surface area contributed by atoms with E-state index in [-0.39, 0.29) is 18.4 Å². The van der Waals surface area contributed by atoms with Gasteiger partial charge in [0, 0.05) is 18.9 Å². The van der Waals surface area contributed by atoms with E-state index in [0.717, 1.165) is 29.5 Å². The molecule has 0 radical (unpaired) electrons. The van der Waals surface area contributed by atoms with Crippen LogP contribution >= 0.6 is 0 Å². The number of benzene rings is 4. The lowest BCUT2D eigenvalue weighted by molar-refractivity contribution is -0.150. The summed E-state index contributed by atoms with van der Waals surface area (Å²) in [6, 6.07) is 33.0. The van der Waals surface area contributed by atoms with Crippen molar-refractivity contribution in [1.82, 2.24) is 5.32 Å². The highest BCUT2D eigenvalue weighted by Gasteiger charge is 2.30. The van der Waals surface area contributed by atoms with Crippen LogP contribution < -0.4 is 5.32 Å². The number of allylic oxidation sites excluding steroid dienone is 1. The molecule has 5 nitrogen and oxygen atoms in total. The van der Waals surface area contributed by atoms with E-state index in [0.29, 0.717) is 25.3 Å². The average Bonchev–Trinajstić information content (AvgIpc) is 3.38. The molecule has 4 aromatic carbocycles. The summed E-state index contributed by atoms with van der Waals surface area (Å²) in [7, 11) is 0. The molecule has 0 saturated carbocycles. The van der Waals surface area contributed by atoms with Gasteiger partial charge in [-0.25, -0.2) is 0 Å². The minimum absolute atomic E-state index is 0.00789. The number of rotatable bonds is 9. The van der Waals surface area contributed by atoms with Gasteiger partial charge in [0.2, 0.25) is 6.29 Å². The third-order valence-electron chi connectivity index (χ3n) is 7.71. The van der Waals surface area contributed by atoms with Crippen LogP contribution in [0.3, 0.4) is 0 Å². The predicted octanol–water partition coefficient (Wildman–Crippen LogP) is 6.04. The zero-order valence-electron chi connectivity index (χ0n) is 22.4. The molecule has 0 fully saturated rings. The third-order valence-corrected chi connectivity index (χ3v) is 7.71. The van der Waals surface area contributed by atoms with Crippen molar-refractivity contribution in [3.8, 4) is 11.1 Å². The fourth-order valence-corrected chi connectivity index (χ4v) is 5.53. The molecule has 5 heteroatoms. The van der Waals surface area contributed by atoms with Crippen LogP contribution in [0.25, 0.3) is 11.1 Å². The van der Waals surface area contributed by atoms with Gasteiger partial charge in [0.1, 0.15) is 0 Å². The summed E-state index contributed by atoms with van der Waals surface area (Å²) >= 11 is 0. The van der Waals surface area contributed by atoms with Gasteiger partial charge < -0.3 is 19.9 Å². The molecule has 1 amide bonds. The molecule has 2 aliphatic rings. The second-order valence-corrected chi connectivity index (χ2v) is 10.4. The number of carbonyl (C=O) groups excluding carboxylic acids is 1. The summed E-state index contributed by atoms with van der Waals surface area (Å²) in [6.07, 6.45) is 3.66. The first kappa shape index (κ1) is 26.1. The molecule has 0 saturated heterocycles. The van der Waals surface area contributed by atoms with Crippen LogP contribution in [-0.4, -0.2) is 23.8 Å². The predicted molar refractivity (Wildman–Crippen MR) is 155 cm³/mol. The normalized spacial score (nSPS) is 17.4. The van der Waals surface area contributed by atoms with Crippen LogP contribution in [0.4, 0.5) is 0 Å². The number of aliphatic hydroxyl groups is 1. The van der Waals surface area contributed by atoms with E-state index < -0.39 is 6.29 Å². The van der Waals surface area contributed by atoms with Crippen molar-refractivity contribution < 1.29 is 19.4 Å². The summed E-state index contributed by atoms with van der Waals surface area (Å²) in [5.41, 5.74) is 9.42. The molecule has 2 atom stereocenters. The quantitative estimate of drug-likeness (QED) is 0.243. The molecule has 0 bridgehead atoms. The highest BCUT2D eigenvalue weighted by Crippen LogP contribution is 2.40. The summed E-state index contributed by atoms with van der Waals surface area (Å²) in [6.45, 7) is 0.882. The highest BCUT2D eigenvalue weighted by molar-refractivity contribution is 5.91. The SMILES string of the molecule is O=C(NCCc1ccccc1)C1=C[C@H](c2ccc3c(c2)Cc2ccccc2-3)C[C@H](OCc2ccc(CO)cc2)O1. The van der Waals surface area contributed by atoms with Crippen molar-refractivity contribution in [3.05, 3.63) is 142 Å². The van der Waals surface area contributed by atoms with Gasteiger partial charge in [-0.3, -0.25) is 4.79 Å². The van der Waals surface area contributed by atoms with Gasteiger partial charge in [-0.05, 0) is 63.4 Å². The number of carbonyl (C=O) groups is 1. The van der Waals surface area contributed by atoms with Crippen LogP contribution in [0, 0.1) is 0 Å². The largest absolute Gasteiger partial charge is 0.459 e. The smallest absolute Gasteiger partial charge is 0.286 e. The van der Waals surface area contributed by atoms with Crippen molar-refractivity contribution in [1.29, 1.82) is 0 Å². The number of amides is 1. The maximum atomic E-state index is 13.2. The molecule has 1 heterocycles. The molecule has 0 spiro atoms. The second kappa shape index (κ2) is 11.9. The first-order valence-electron chi connectivity index (χ1n) is 13.9. The summed E-state index contributed by atoms with van der Waals surface area (Å²) < 4.78 is 12.3. The maximum Gasteiger partial charge on any atom is 0.286 e. The lowest BCUT2D eigenvalue weighted by Crippen LogP contribution is -2.33. The maximum absolute atomic E-state index is 13.2. The van der Waals surface area contributed by atoms with E-state index >= 15 is 0 Å². The van der Waals surface area contributed by atoms with Gasteiger partial charge in [0.05, 0.1) is 13.2 Å². The fourth-order valence-electron chi connectivity index (χ4n) is 5.53. The third kappa shape index (κ3) is 5.86. The summed E-state index contributed by atoms with van der Waals surface area (Å²) in [5.74, 6) is 0.0585. The Labute approximate surface area is 235 Å². The van der Waals surface area contributed by atoms with Gasteiger partial charge in [0.25, 0.3) is 5.91 Å². The second-order valence-electron chi connectivity index (χ2n) is 10.4. The minimum Gasteiger partial charge on any atom is -0.459 e. The molecule has 4 aromatic rings. The zero-order chi connectivity index (χ0) is 27.3. The monoisotopic (exact) mass is 531 g/mol.